The third-order valence-corrected chi connectivity index (χ3v) is 4.10. The van der Waals surface area contributed by atoms with Crippen molar-refractivity contribution < 1.29 is 9.47 Å². The lowest BCUT2D eigenvalue weighted by atomic mass is 10.2. The van der Waals surface area contributed by atoms with Gasteiger partial charge >= 0.3 is 0 Å². The smallest absolute Gasteiger partial charge is 0.197 e. The normalized spacial score (nSPS) is 12.4. The van der Waals surface area contributed by atoms with Crippen molar-refractivity contribution in [1.82, 2.24) is 15.0 Å². The lowest BCUT2D eigenvalue weighted by Crippen LogP contribution is -2.16. The van der Waals surface area contributed by atoms with Crippen molar-refractivity contribution in [3.05, 3.63) is 41.2 Å². The van der Waals surface area contributed by atoms with E-state index in [0.717, 1.165) is 5.56 Å². The second-order valence-electron chi connectivity index (χ2n) is 5.56. The summed E-state index contributed by atoms with van der Waals surface area (Å²) >= 11 is 35.1. The topological polar surface area (TPSA) is 57.1 Å². The SMILES string of the molecule is COc1ccc(C=Cc2nc(CC(Cl)(Cl)Cl)nc(CC(Cl)(Cl)Cl)n2)cc1OC. The number of ether oxygens (including phenoxy) is 2. The molecule has 1 heterocycles. The molecule has 0 aliphatic carbocycles. The van der Waals surface area contributed by atoms with Crippen molar-refractivity contribution in [3.8, 4) is 11.5 Å². The maximum atomic E-state index is 5.85. The maximum absolute atomic E-state index is 5.85. The monoisotopic (exact) mass is 503 g/mol. The van der Waals surface area contributed by atoms with E-state index in [0.29, 0.717) is 17.3 Å². The quantitative estimate of drug-likeness (QED) is 0.458. The number of benzene rings is 1. The molecular formula is C17H15Cl6N3O2. The Labute approximate surface area is 192 Å². The molecule has 1 aromatic heterocycles. The molecule has 2 aromatic rings. The molecule has 0 amide bonds. The third-order valence-electron chi connectivity index (χ3n) is 3.29. The van der Waals surface area contributed by atoms with Gasteiger partial charge in [0.2, 0.25) is 0 Å². The van der Waals surface area contributed by atoms with Crippen LogP contribution in [0.25, 0.3) is 12.2 Å². The molecule has 0 aliphatic heterocycles. The van der Waals surface area contributed by atoms with Crippen LogP contribution in [0.5, 0.6) is 11.5 Å². The van der Waals surface area contributed by atoms with Gasteiger partial charge in [-0.15, -0.1) is 0 Å². The summed E-state index contributed by atoms with van der Waals surface area (Å²) in [4.78, 5) is 12.8. The summed E-state index contributed by atoms with van der Waals surface area (Å²) in [6, 6.07) is 5.44. The average Bonchev–Trinajstić information content (AvgIpc) is 2.56. The third kappa shape index (κ3) is 7.97. The Morgan fingerprint density at radius 2 is 1.32 bits per heavy atom. The Balaban J connectivity index is 2.36. The van der Waals surface area contributed by atoms with Crippen molar-refractivity contribution in [2.24, 2.45) is 0 Å². The van der Waals surface area contributed by atoms with Crippen molar-refractivity contribution in [1.29, 1.82) is 0 Å². The van der Waals surface area contributed by atoms with E-state index in [1.54, 1.807) is 38.5 Å². The number of methoxy groups -OCH3 is 2. The number of halogens is 6. The molecule has 0 fully saturated rings. The molecule has 1 aromatic carbocycles. The summed E-state index contributed by atoms with van der Waals surface area (Å²) in [7, 11) is 3.12. The van der Waals surface area contributed by atoms with Gasteiger partial charge in [0.05, 0.1) is 27.1 Å². The fourth-order valence-electron chi connectivity index (χ4n) is 2.21. The van der Waals surface area contributed by atoms with Crippen molar-refractivity contribution in [2.45, 2.75) is 20.4 Å². The standard InChI is InChI=1S/C17H15Cl6N3O2/c1-27-11-5-3-10(7-12(11)28-2)4-6-13-24-14(8-16(18,19)20)26-15(25-13)9-17(21,22)23/h3-7H,8-9H2,1-2H3. The summed E-state index contributed by atoms with van der Waals surface area (Å²) in [6.45, 7) is 0. The van der Waals surface area contributed by atoms with E-state index in [-0.39, 0.29) is 24.5 Å². The number of hydrogen-bond donors (Lipinski definition) is 0. The maximum Gasteiger partial charge on any atom is 0.197 e. The van der Waals surface area contributed by atoms with Crippen LogP contribution in [0.3, 0.4) is 0 Å². The predicted octanol–water partition coefficient (Wildman–Crippen LogP) is 5.88. The highest BCUT2D eigenvalue weighted by molar-refractivity contribution is 6.68. The second-order valence-corrected chi connectivity index (χ2v) is 10.6. The van der Waals surface area contributed by atoms with E-state index >= 15 is 0 Å². The number of alkyl halides is 6. The van der Waals surface area contributed by atoms with Crippen LogP contribution in [-0.2, 0) is 12.8 Å². The number of rotatable bonds is 6. The van der Waals surface area contributed by atoms with E-state index in [1.165, 1.54) is 0 Å². The van der Waals surface area contributed by atoms with Gasteiger partial charge in [0.1, 0.15) is 11.6 Å². The first kappa shape index (κ1) is 23.6. The van der Waals surface area contributed by atoms with E-state index < -0.39 is 7.59 Å². The first-order chi connectivity index (χ1) is 13.0. The Bertz CT molecular complexity index is 816. The Hall–Kier alpha value is -0.690. The summed E-state index contributed by atoms with van der Waals surface area (Å²) < 4.78 is 7.38. The molecule has 0 spiro atoms. The van der Waals surface area contributed by atoms with E-state index in [9.17, 15) is 0 Å². The summed E-state index contributed by atoms with van der Waals surface area (Å²) in [5.41, 5.74) is 0.837. The zero-order valence-electron chi connectivity index (χ0n) is 14.7. The van der Waals surface area contributed by atoms with Gasteiger partial charge in [0.25, 0.3) is 0 Å². The minimum Gasteiger partial charge on any atom is -0.493 e. The number of hydrogen-bond acceptors (Lipinski definition) is 5. The molecule has 0 unspecified atom stereocenters. The molecule has 0 atom stereocenters. The highest BCUT2D eigenvalue weighted by Gasteiger charge is 2.26. The first-order valence-electron chi connectivity index (χ1n) is 7.76. The van der Waals surface area contributed by atoms with Crippen molar-refractivity contribution in [2.75, 3.05) is 14.2 Å². The molecule has 0 radical (unpaired) electrons. The van der Waals surface area contributed by atoms with Crippen LogP contribution >= 0.6 is 69.6 Å². The van der Waals surface area contributed by atoms with Crippen LogP contribution in [0.2, 0.25) is 0 Å². The molecular weight excluding hydrogens is 491 g/mol. The lowest BCUT2D eigenvalue weighted by molar-refractivity contribution is 0.355. The van der Waals surface area contributed by atoms with Gasteiger partial charge < -0.3 is 9.47 Å². The summed E-state index contributed by atoms with van der Waals surface area (Å²) in [6.07, 6.45) is 3.41. The summed E-state index contributed by atoms with van der Waals surface area (Å²) in [5.74, 6) is 2.08. The number of nitrogens with zero attached hydrogens (tertiary/aromatic N) is 3. The van der Waals surface area contributed by atoms with Gasteiger partial charge in [-0.2, -0.15) is 0 Å². The highest BCUT2D eigenvalue weighted by Crippen LogP contribution is 2.32. The first-order valence-corrected chi connectivity index (χ1v) is 10.0. The Morgan fingerprint density at radius 3 is 1.79 bits per heavy atom. The highest BCUT2D eigenvalue weighted by atomic mass is 35.6. The average molecular weight is 506 g/mol. The van der Waals surface area contributed by atoms with Gasteiger partial charge in [-0.05, 0) is 23.8 Å². The Kier molecular flexibility index (Phi) is 8.32. The van der Waals surface area contributed by atoms with Gasteiger partial charge in [-0.1, -0.05) is 81.7 Å². The largest absolute Gasteiger partial charge is 0.493 e. The predicted molar refractivity (Wildman–Crippen MR) is 116 cm³/mol. The molecule has 0 aliphatic rings. The second kappa shape index (κ2) is 9.88. The van der Waals surface area contributed by atoms with Gasteiger partial charge in [-0.3, -0.25) is 0 Å². The minimum atomic E-state index is -1.57. The molecule has 5 nitrogen and oxygen atoms in total. The zero-order valence-corrected chi connectivity index (χ0v) is 19.3. The van der Waals surface area contributed by atoms with Gasteiger partial charge in [-0.25, -0.2) is 15.0 Å². The number of aromatic nitrogens is 3. The van der Waals surface area contributed by atoms with E-state index in [4.69, 9.17) is 79.1 Å². The molecule has 0 saturated heterocycles. The van der Waals surface area contributed by atoms with Crippen LogP contribution in [-0.4, -0.2) is 36.8 Å². The zero-order chi connectivity index (χ0) is 20.9. The van der Waals surface area contributed by atoms with Crippen molar-refractivity contribution >= 4 is 81.8 Å². The van der Waals surface area contributed by atoms with Gasteiger partial charge in [0, 0.05) is 0 Å². The molecule has 0 N–H and O–H groups in total. The molecule has 2 rings (SSSR count). The van der Waals surface area contributed by atoms with Crippen LogP contribution < -0.4 is 9.47 Å². The fraction of sp³-hybridized carbons (Fsp3) is 0.353. The van der Waals surface area contributed by atoms with E-state index in [2.05, 4.69) is 15.0 Å². The Morgan fingerprint density at radius 1 is 0.786 bits per heavy atom. The molecule has 152 valence electrons. The lowest BCUT2D eigenvalue weighted by Gasteiger charge is -2.13. The van der Waals surface area contributed by atoms with Crippen LogP contribution in [0, 0.1) is 0 Å². The van der Waals surface area contributed by atoms with Crippen LogP contribution in [0.1, 0.15) is 23.0 Å². The van der Waals surface area contributed by atoms with Crippen LogP contribution in [0.4, 0.5) is 0 Å². The van der Waals surface area contributed by atoms with Crippen LogP contribution in [0.15, 0.2) is 18.2 Å². The van der Waals surface area contributed by atoms with Crippen molar-refractivity contribution in [3.63, 3.8) is 0 Å². The summed E-state index contributed by atoms with van der Waals surface area (Å²) in [5, 5.41) is 0. The molecule has 28 heavy (non-hydrogen) atoms. The molecule has 11 heteroatoms. The minimum absolute atomic E-state index is 0.0236. The van der Waals surface area contributed by atoms with Gasteiger partial charge in [0.15, 0.2) is 24.9 Å². The van der Waals surface area contributed by atoms with E-state index in [1.807, 2.05) is 6.07 Å². The molecule has 0 saturated carbocycles. The fourth-order valence-corrected chi connectivity index (χ4v) is 2.92. The molecule has 0 bridgehead atoms.